The molecule has 0 bridgehead atoms. The van der Waals surface area contributed by atoms with Crippen LogP contribution in [0.4, 0.5) is 0 Å². The van der Waals surface area contributed by atoms with Crippen molar-refractivity contribution in [2.45, 2.75) is 0 Å². The van der Waals surface area contributed by atoms with Crippen LogP contribution < -0.4 is 4.74 Å². The zero-order chi connectivity index (χ0) is 13.3. The quantitative estimate of drug-likeness (QED) is 0.693. The number of ether oxygens (including phenoxy) is 1. The number of methoxy groups -OCH3 is 1. The van der Waals surface area contributed by atoms with Gasteiger partial charge in [0.2, 0.25) is 5.88 Å². The number of hydrogen-bond donors (Lipinski definition) is 0. The summed E-state index contributed by atoms with van der Waals surface area (Å²) in [7, 11) is 1.50. The van der Waals surface area contributed by atoms with Gasteiger partial charge in [0, 0.05) is 17.3 Å². The maximum atomic E-state index is 6.14. The van der Waals surface area contributed by atoms with Gasteiger partial charge in [0.1, 0.15) is 5.02 Å². The van der Waals surface area contributed by atoms with E-state index in [-0.39, 0.29) is 0 Å². The molecule has 2 nitrogen and oxygen atoms in total. The van der Waals surface area contributed by atoms with E-state index in [4.69, 9.17) is 51.1 Å². The van der Waals surface area contributed by atoms with Crippen molar-refractivity contribution < 1.29 is 4.74 Å². The van der Waals surface area contributed by atoms with Gasteiger partial charge in [-0.25, -0.2) is 4.98 Å². The Bertz CT molecular complexity index is 601. The number of halogens is 4. The van der Waals surface area contributed by atoms with Crippen LogP contribution in [0.25, 0.3) is 11.1 Å². The topological polar surface area (TPSA) is 22.1 Å². The fourth-order valence-electron chi connectivity index (χ4n) is 1.47. The molecule has 94 valence electrons. The molecule has 1 aromatic carbocycles. The first-order valence-corrected chi connectivity index (χ1v) is 6.39. The van der Waals surface area contributed by atoms with Gasteiger partial charge in [0.25, 0.3) is 0 Å². The van der Waals surface area contributed by atoms with E-state index in [1.807, 2.05) is 0 Å². The average Bonchev–Trinajstić information content (AvgIpc) is 2.36. The van der Waals surface area contributed by atoms with Crippen molar-refractivity contribution in [3.8, 4) is 17.0 Å². The maximum absolute atomic E-state index is 6.14. The summed E-state index contributed by atoms with van der Waals surface area (Å²) in [6.07, 6.45) is 1.61. The van der Waals surface area contributed by atoms with Crippen LogP contribution in [0.1, 0.15) is 0 Å². The van der Waals surface area contributed by atoms with Gasteiger partial charge >= 0.3 is 0 Å². The second kappa shape index (κ2) is 5.54. The Morgan fingerprint density at radius 1 is 1.00 bits per heavy atom. The Hall–Kier alpha value is -0.670. The normalized spacial score (nSPS) is 10.5. The third kappa shape index (κ3) is 2.52. The van der Waals surface area contributed by atoms with Gasteiger partial charge in [0.05, 0.1) is 22.2 Å². The molecular formula is C12H7Cl4NO. The first-order valence-electron chi connectivity index (χ1n) is 4.88. The highest BCUT2D eigenvalue weighted by Gasteiger charge is 2.12. The molecule has 0 fully saturated rings. The second-order valence-corrected chi connectivity index (χ2v) is 5.01. The van der Waals surface area contributed by atoms with E-state index in [1.165, 1.54) is 7.11 Å². The Morgan fingerprint density at radius 2 is 1.72 bits per heavy atom. The number of pyridine rings is 1. The highest BCUT2D eigenvalue weighted by atomic mass is 35.5. The Balaban J connectivity index is 2.56. The molecule has 0 radical (unpaired) electrons. The lowest BCUT2D eigenvalue weighted by Crippen LogP contribution is -1.90. The van der Waals surface area contributed by atoms with E-state index < -0.39 is 0 Å². The van der Waals surface area contributed by atoms with Gasteiger partial charge in [-0.2, -0.15) is 0 Å². The van der Waals surface area contributed by atoms with Crippen molar-refractivity contribution in [2.75, 3.05) is 7.11 Å². The van der Waals surface area contributed by atoms with Crippen LogP contribution in [-0.4, -0.2) is 12.1 Å². The molecule has 18 heavy (non-hydrogen) atoms. The molecule has 0 atom stereocenters. The summed E-state index contributed by atoms with van der Waals surface area (Å²) in [5.41, 5.74) is 1.45. The van der Waals surface area contributed by atoms with E-state index in [9.17, 15) is 0 Å². The molecule has 2 rings (SSSR count). The monoisotopic (exact) mass is 321 g/mol. The molecule has 0 aliphatic carbocycles. The summed E-state index contributed by atoms with van der Waals surface area (Å²) in [6.45, 7) is 0. The van der Waals surface area contributed by atoms with Crippen LogP contribution in [0.3, 0.4) is 0 Å². The number of benzene rings is 1. The largest absolute Gasteiger partial charge is 0.480 e. The van der Waals surface area contributed by atoms with E-state index >= 15 is 0 Å². The number of nitrogens with zero attached hydrogens (tertiary/aromatic N) is 1. The molecule has 6 heteroatoms. The molecule has 0 aliphatic heterocycles. The van der Waals surface area contributed by atoms with Crippen LogP contribution in [0, 0.1) is 0 Å². The molecule has 0 saturated heterocycles. The summed E-state index contributed by atoms with van der Waals surface area (Å²) in [5, 5.41) is 1.48. The number of aromatic nitrogens is 1. The second-order valence-electron chi connectivity index (χ2n) is 3.44. The molecule has 0 saturated carbocycles. The summed E-state index contributed by atoms with van der Waals surface area (Å²) in [5.74, 6) is 0.358. The van der Waals surface area contributed by atoms with E-state index in [0.717, 1.165) is 5.56 Å². The smallest absolute Gasteiger partial charge is 0.232 e. The first kappa shape index (κ1) is 13.8. The summed E-state index contributed by atoms with van der Waals surface area (Å²) in [4.78, 5) is 4.08. The number of rotatable bonds is 2. The van der Waals surface area contributed by atoms with Crippen LogP contribution >= 0.6 is 46.4 Å². The first-order chi connectivity index (χ1) is 8.54. The molecule has 0 unspecified atom stereocenters. The van der Waals surface area contributed by atoms with Crippen LogP contribution in [0.2, 0.25) is 20.1 Å². The van der Waals surface area contributed by atoms with Crippen molar-refractivity contribution >= 4 is 46.4 Å². The molecular weight excluding hydrogens is 316 g/mol. The third-order valence-electron chi connectivity index (χ3n) is 2.35. The van der Waals surface area contributed by atoms with Crippen molar-refractivity contribution in [3.05, 3.63) is 44.5 Å². The predicted octanol–water partition coefficient (Wildman–Crippen LogP) is 5.37. The maximum Gasteiger partial charge on any atom is 0.232 e. The van der Waals surface area contributed by atoms with Gasteiger partial charge in [-0.05, 0) is 12.1 Å². The van der Waals surface area contributed by atoms with Gasteiger partial charge < -0.3 is 4.74 Å². The molecule has 0 N–H and O–H groups in total. The Kier molecular flexibility index (Phi) is 4.23. The zero-order valence-electron chi connectivity index (χ0n) is 9.18. The van der Waals surface area contributed by atoms with Crippen molar-refractivity contribution in [1.29, 1.82) is 0 Å². The van der Waals surface area contributed by atoms with E-state index in [1.54, 1.807) is 24.4 Å². The fourth-order valence-corrected chi connectivity index (χ4v) is 2.36. The third-order valence-corrected chi connectivity index (χ3v) is 3.91. The SMILES string of the molecule is COc1ncc(-c2ccc(Cl)c(Cl)c2Cl)cc1Cl. The van der Waals surface area contributed by atoms with E-state index in [0.29, 0.717) is 31.5 Å². The lowest BCUT2D eigenvalue weighted by Gasteiger charge is -2.09. The fraction of sp³-hybridized carbons (Fsp3) is 0.0833. The molecule has 2 aromatic rings. The van der Waals surface area contributed by atoms with Crippen LogP contribution in [0.5, 0.6) is 5.88 Å². The number of hydrogen-bond acceptors (Lipinski definition) is 2. The lowest BCUT2D eigenvalue weighted by atomic mass is 10.1. The van der Waals surface area contributed by atoms with Gasteiger partial charge in [0.15, 0.2) is 0 Å². The molecule has 1 heterocycles. The van der Waals surface area contributed by atoms with Crippen LogP contribution in [0.15, 0.2) is 24.4 Å². The van der Waals surface area contributed by atoms with Gasteiger partial charge in [-0.3, -0.25) is 0 Å². The van der Waals surface area contributed by atoms with Gasteiger partial charge in [-0.1, -0.05) is 52.5 Å². The highest BCUT2D eigenvalue weighted by Crippen LogP contribution is 2.39. The Morgan fingerprint density at radius 3 is 2.33 bits per heavy atom. The minimum Gasteiger partial charge on any atom is -0.480 e. The molecule has 1 aromatic heterocycles. The van der Waals surface area contributed by atoms with Crippen LogP contribution in [-0.2, 0) is 0 Å². The van der Waals surface area contributed by atoms with E-state index in [2.05, 4.69) is 4.98 Å². The average molecular weight is 323 g/mol. The van der Waals surface area contributed by atoms with Crippen molar-refractivity contribution in [1.82, 2.24) is 4.98 Å². The van der Waals surface area contributed by atoms with Crippen molar-refractivity contribution in [3.63, 3.8) is 0 Å². The molecule has 0 amide bonds. The Labute approximate surface area is 124 Å². The minimum atomic E-state index is 0.308. The summed E-state index contributed by atoms with van der Waals surface area (Å²) < 4.78 is 4.99. The molecule has 0 aliphatic rings. The molecule has 0 spiro atoms. The zero-order valence-corrected chi connectivity index (χ0v) is 12.2. The highest BCUT2D eigenvalue weighted by molar-refractivity contribution is 6.49. The standard InChI is InChI=1S/C12H7Cl4NO/c1-18-12-9(14)4-6(5-17-12)7-2-3-8(13)11(16)10(7)15/h2-5H,1H3. The summed E-state index contributed by atoms with van der Waals surface area (Å²) >= 11 is 24.0. The predicted molar refractivity (Wildman–Crippen MR) is 76.3 cm³/mol. The summed E-state index contributed by atoms with van der Waals surface area (Å²) in [6, 6.07) is 5.14. The van der Waals surface area contributed by atoms with Crippen molar-refractivity contribution in [2.24, 2.45) is 0 Å². The van der Waals surface area contributed by atoms with Gasteiger partial charge in [-0.15, -0.1) is 0 Å². The minimum absolute atomic E-state index is 0.308. The lowest BCUT2D eigenvalue weighted by molar-refractivity contribution is 0.398.